The molecule has 2 aromatic rings. The minimum Gasteiger partial charge on any atom is -0.508 e. The Morgan fingerprint density at radius 3 is 2.64 bits per heavy atom. The van der Waals surface area contributed by atoms with Gasteiger partial charge in [0.15, 0.2) is 5.76 Å². The number of nitrogens with two attached hydrogens (primary N) is 1. The van der Waals surface area contributed by atoms with E-state index in [0.717, 1.165) is 0 Å². The van der Waals surface area contributed by atoms with Gasteiger partial charge in [-0.3, -0.25) is 0 Å². The zero-order chi connectivity index (χ0) is 10.1. The maximum atomic E-state index is 9.48. The Morgan fingerprint density at radius 1 is 1.29 bits per heavy atom. The van der Waals surface area contributed by atoms with Gasteiger partial charge in [0, 0.05) is 6.07 Å². The molecule has 0 amide bonds. The summed E-state index contributed by atoms with van der Waals surface area (Å²) in [6.45, 7) is 0. The summed E-state index contributed by atoms with van der Waals surface area (Å²) >= 11 is 0. The third-order valence-electron chi connectivity index (χ3n) is 1.82. The maximum absolute atomic E-state index is 9.48. The molecule has 0 atom stereocenters. The first-order valence-corrected chi connectivity index (χ1v) is 3.91. The number of rotatable bonds is 1. The van der Waals surface area contributed by atoms with Crippen LogP contribution in [-0.4, -0.2) is 15.4 Å². The SMILES string of the molecule is Nc1cnoc1-c1ccc(O)cc1O. The molecule has 0 saturated carbocycles. The van der Waals surface area contributed by atoms with E-state index in [-0.39, 0.29) is 11.5 Å². The van der Waals surface area contributed by atoms with Gasteiger partial charge in [-0.1, -0.05) is 5.16 Å². The van der Waals surface area contributed by atoms with E-state index >= 15 is 0 Å². The van der Waals surface area contributed by atoms with Gasteiger partial charge in [0.05, 0.1) is 11.8 Å². The lowest BCUT2D eigenvalue weighted by atomic mass is 10.1. The summed E-state index contributed by atoms with van der Waals surface area (Å²) in [4.78, 5) is 0. The number of aromatic hydroxyl groups is 2. The molecule has 4 N–H and O–H groups in total. The summed E-state index contributed by atoms with van der Waals surface area (Å²) in [5.41, 5.74) is 6.29. The van der Waals surface area contributed by atoms with Gasteiger partial charge in [-0.05, 0) is 12.1 Å². The molecule has 14 heavy (non-hydrogen) atoms. The number of nitrogen functional groups attached to an aromatic ring is 1. The Hall–Kier alpha value is -2.17. The van der Waals surface area contributed by atoms with Crippen molar-refractivity contribution in [1.82, 2.24) is 5.16 Å². The first-order valence-electron chi connectivity index (χ1n) is 3.91. The molecular formula is C9H8N2O3. The molecule has 0 unspecified atom stereocenters. The summed E-state index contributed by atoms with van der Waals surface area (Å²) in [6.07, 6.45) is 1.35. The number of aromatic nitrogens is 1. The maximum Gasteiger partial charge on any atom is 0.193 e. The Kier molecular flexibility index (Phi) is 1.78. The molecule has 0 bridgehead atoms. The second kappa shape index (κ2) is 2.95. The predicted octanol–water partition coefficient (Wildman–Crippen LogP) is 1.33. The molecule has 2 rings (SSSR count). The quantitative estimate of drug-likeness (QED) is 0.633. The highest BCUT2D eigenvalue weighted by atomic mass is 16.5. The number of phenolic OH excluding ortho intramolecular Hbond substituents is 2. The fraction of sp³-hybridized carbons (Fsp3) is 0. The number of hydrogen-bond donors (Lipinski definition) is 3. The second-order valence-electron chi connectivity index (χ2n) is 2.81. The van der Waals surface area contributed by atoms with E-state index in [1.54, 1.807) is 0 Å². The van der Waals surface area contributed by atoms with Gasteiger partial charge in [0.2, 0.25) is 0 Å². The standard InChI is InChI=1S/C9H8N2O3/c10-7-4-11-14-9(7)6-2-1-5(12)3-8(6)13/h1-4,12-13H,10H2. The van der Waals surface area contributed by atoms with Crippen molar-refractivity contribution in [2.75, 3.05) is 5.73 Å². The lowest BCUT2D eigenvalue weighted by Crippen LogP contribution is -1.84. The smallest absolute Gasteiger partial charge is 0.193 e. The highest BCUT2D eigenvalue weighted by molar-refractivity contribution is 5.75. The Balaban J connectivity index is 2.58. The van der Waals surface area contributed by atoms with Crippen LogP contribution in [0.5, 0.6) is 11.5 Å². The molecule has 72 valence electrons. The lowest BCUT2D eigenvalue weighted by molar-refractivity contribution is 0.424. The van der Waals surface area contributed by atoms with E-state index in [9.17, 15) is 5.11 Å². The highest BCUT2D eigenvalue weighted by Crippen LogP contribution is 2.34. The molecule has 0 fully saturated rings. The van der Waals surface area contributed by atoms with Crippen LogP contribution in [0, 0.1) is 0 Å². The lowest BCUT2D eigenvalue weighted by Gasteiger charge is -2.01. The van der Waals surface area contributed by atoms with Crippen molar-refractivity contribution in [2.24, 2.45) is 0 Å². The molecule has 5 heteroatoms. The van der Waals surface area contributed by atoms with Crippen molar-refractivity contribution in [3.63, 3.8) is 0 Å². The first kappa shape index (κ1) is 8.43. The van der Waals surface area contributed by atoms with E-state index in [2.05, 4.69) is 5.16 Å². The van der Waals surface area contributed by atoms with Crippen molar-refractivity contribution in [2.45, 2.75) is 0 Å². The van der Waals surface area contributed by atoms with E-state index in [4.69, 9.17) is 15.4 Å². The largest absolute Gasteiger partial charge is 0.508 e. The number of nitrogens with zero attached hydrogens (tertiary/aromatic N) is 1. The Bertz CT molecular complexity index is 465. The van der Waals surface area contributed by atoms with Crippen LogP contribution in [0.4, 0.5) is 5.69 Å². The third-order valence-corrected chi connectivity index (χ3v) is 1.82. The van der Waals surface area contributed by atoms with Crippen LogP contribution in [0.1, 0.15) is 0 Å². The van der Waals surface area contributed by atoms with Crippen molar-refractivity contribution in [1.29, 1.82) is 0 Å². The van der Waals surface area contributed by atoms with Crippen LogP contribution in [-0.2, 0) is 0 Å². The number of anilines is 1. The van der Waals surface area contributed by atoms with E-state index < -0.39 is 0 Å². The van der Waals surface area contributed by atoms with Gasteiger partial charge in [-0.2, -0.15) is 0 Å². The van der Waals surface area contributed by atoms with Crippen LogP contribution >= 0.6 is 0 Å². The van der Waals surface area contributed by atoms with Gasteiger partial charge in [-0.15, -0.1) is 0 Å². The molecule has 0 aliphatic rings. The molecule has 0 spiro atoms. The van der Waals surface area contributed by atoms with Gasteiger partial charge in [0.1, 0.15) is 17.2 Å². The number of phenols is 2. The monoisotopic (exact) mass is 192 g/mol. The minimum atomic E-state index is -0.103. The van der Waals surface area contributed by atoms with Crippen LogP contribution in [0.15, 0.2) is 28.9 Å². The van der Waals surface area contributed by atoms with Crippen LogP contribution in [0.3, 0.4) is 0 Å². The van der Waals surface area contributed by atoms with Gasteiger partial charge in [0.25, 0.3) is 0 Å². The second-order valence-corrected chi connectivity index (χ2v) is 2.81. The van der Waals surface area contributed by atoms with Gasteiger partial charge in [-0.25, -0.2) is 0 Å². The minimum absolute atomic E-state index is 0.0238. The van der Waals surface area contributed by atoms with Crippen molar-refractivity contribution < 1.29 is 14.7 Å². The summed E-state index contributed by atoms with van der Waals surface area (Å²) in [6, 6.07) is 4.13. The average molecular weight is 192 g/mol. The summed E-state index contributed by atoms with van der Waals surface area (Å²) < 4.78 is 4.85. The van der Waals surface area contributed by atoms with Gasteiger partial charge >= 0.3 is 0 Å². The molecule has 1 heterocycles. The molecule has 0 aliphatic carbocycles. The Morgan fingerprint density at radius 2 is 2.07 bits per heavy atom. The predicted molar refractivity (Wildman–Crippen MR) is 49.7 cm³/mol. The zero-order valence-electron chi connectivity index (χ0n) is 7.14. The van der Waals surface area contributed by atoms with Crippen molar-refractivity contribution in [3.05, 3.63) is 24.4 Å². The molecule has 0 aliphatic heterocycles. The Labute approximate surface area is 79.4 Å². The normalized spacial score (nSPS) is 10.3. The van der Waals surface area contributed by atoms with Crippen molar-refractivity contribution >= 4 is 5.69 Å². The molecule has 0 radical (unpaired) electrons. The molecule has 0 saturated heterocycles. The topological polar surface area (TPSA) is 92.5 Å². The summed E-state index contributed by atoms with van der Waals surface area (Å²) in [7, 11) is 0. The molecule has 5 nitrogen and oxygen atoms in total. The summed E-state index contributed by atoms with van der Waals surface area (Å²) in [5.74, 6) is 0.167. The highest BCUT2D eigenvalue weighted by Gasteiger charge is 2.12. The average Bonchev–Trinajstić information content (AvgIpc) is 2.52. The fourth-order valence-corrected chi connectivity index (χ4v) is 1.16. The third kappa shape index (κ3) is 1.24. The van der Waals surface area contributed by atoms with Crippen LogP contribution in [0.25, 0.3) is 11.3 Å². The van der Waals surface area contributed by atoms with E-state index in [1.807, 2.05) is 0 Å². The number of hydrogen-bond acceptors (Lipinski definition) is 5. The number of benzene rings is 1. The summed E-state index contributed by atoms with van der Waals surface area (Å²) in [5, 5.41) is 22.0. The van der Waals surface area contributed by atoms with Crippen LogP contribution in [0.2, 0.25) is 0 Å². The van der Waals surface area contributed by atoms with E-state index in [0.29, 0.717) is 17.0 Å². The first-order chi connectivity index (χ1) is 6.68. The molecular weight excluding hydrogens is 184 g/mol. The zero-order valence-corrected chi connectivity index (χ0v) is 7.14. The van der Waals surface area contributed by atoms with Crippen LogP contribution < -0.4 is 5.73 Å². The van der Waals surface area contributed by atoms with E-state index in [1.165, 1.54) is 24.4 Å². The van der Waals surface area contributed by atoms with Gasteiger partial charge < -0.3 is 20.5 Å². The van der Waals surface area contributed by atoms with Crippen molar-refractivity contribution in [3.8, 4) is 22.8 Å². The fourth-order valence-electron chi connectivity index (χ4n) is 1.16. The molecule has 1 aromatic carbocycles. The molecule has 1 aromatic heterocycles.